The van der Waals surface area contributed by atoms with Crippen molar-refractivity contribution in [3.05, 3.63) is 64.7 Å². The minimum Gasteiger partial charge on any atom is -0.508 e. The average Bonchev–Trinajstić information content (AvgIpc) is 2.87. The van der Waals surface area contributed by atoms with E-state index >= 15 is 0 Å². The van der Waals surface area contributed by atoms with Gasteiger partial charge in [0.25, 0.3) is 0 Å². The number of halogens is 1. The first-order chi connectivity index (χ1) is 12.7. The SMILES string of the molecule is Oc1cccc(C2CC3CCC(C2)N3CCNCc2ccc(Cl)cc2)c1. The molecule has 2 fully saturated rings. The Kier molecular flexibility index (Phi) is 5.49. The van der Waals surface area contributed by atoms with Crippen LogP contribution in [0.4, 0.5) is 0 Å². The van der Waals surface area contributed by atoms with Gasteiger partial charge >= 0.3 is 0 Å². The van der Waals surface area contributed by atoms with E-state index in [-0.39, 0.29) is 0 Å². The molecule has 2 aliphatic heterocycles. The number of hydrogen-bond donors (Lipinski definition) is 2. The van der Waals surface area contributed by atoms with Crippen molar-refractivity contribution in [3.8, 4) is 5.75 Å². The molecule has 26 heavy (non-hydrogen) atoms. The van der Waals surface area contributed by atoms with E-state index in [0.29, 0.717) is 23.8 Å². The summed E-state index contributed by atoms with van der Waals surface area (Å²) in [7, 11) is 0. The number of nitrogens with one attached hydrogen (secondary N) is 1. The molecule has 2 bridgehead atoms. The summed E-state index contributed by atoms with van der Waals surface area (Å²) < 4.78 is 0. The molecule has 0 aliphatic carbocycles. The highest BCUT2D eigenvalue weighted by atomic mass is 35.5. The summed E-state index contributed by atoms with van der Waals surface area (Å²) in [5, 5.41) is 14.1. The maximum Gasteiger partial charge on any atom is 0.115 e. The molecule has 0 amide bonds. The van der Waals surface area contributed by atoms with Gasteiger partial charge in [-0.2, -0.15) is 0 Å². The Hall–Kier alpha value is -1.55. The van der Waals surface area contributed by atoms with E-state index < -0.39 is 0 Å². The van der Waals surface area contributed by atoms with E-state index in [1.54, 1.807) is 6.07 Å². The molecular formula is C22H27ClN2O. The lowest BCUT2D eigenvalue weighted by Gasteiger charge is -2.39. The third-order valence-electron chi connectivity index (χ3n) is 6.02. The molecule has 0 radical (unpaired) electrons. The minimum atomic E-state index is 0.392. The Morgan fingerprint density at radius 2 is 1.77 bits per heavy atom. The van der Waals surface area contributed by atoms with E-state index in [2.05, 4.69) is 28.4 Å². The van der Waals surface area contributed by atoms with Gasteiger partial charge in [-0.1, -0.05) is 35.9 Å². The quantitative estimate of drug-likeness (QED) is 0.732. The molecule has 2 saturated heterocycles. The van der Waals surface area contributed by atoms with Crippen LogP contribution in [0, 0.1) is 0 Å². The molecule has 2 heterocycles. The number of phenols is 1. The lowest BCUT2D eigenvalue weighted by atomic mass is 9.85. The highest BCUT2D eigenvalue weighted by Crippen LogP contribution is 2.43. The molecule has 3 nitrogen and oxygen atoms in total. The number of hydrogen-bond acceptors (Lipinski definition) is 3. The van der Waals surface area contributed by atoms with Crippen LogP contribution in [0.5, 0.6) is 5.75 Å². The maximum absolute atomic E-state index is 9.77. The molecule has 0 aromatic heterocycles. The van der Waals surface area contributed by atoms with Gasteiger partial charge in [0.1, 0.15) is 5.75 Å². The Morgan fingerprint density at radius 3 is 2.46 bits per heavy atom. The number of piperidine rings is 1. The molecule has 2 aromatic rings. The van der Waals surface area contributed by atoms with Crippen molar-refractivity contribution in [2.24, 2.45) is 0 Å². The number of fused-ring (bicyclic) bond motifs is 2. The van der Waals surface area contributed by atoms with Crippen LogP contribution in [0.25, 0.3) is 0 Å². The van der Waals surface area contributed by atoms with Gasteiger partial charge in [0.2, 0.25) is 0 Å². The first-order valence-corrected chi connectivity index (χ1v) is 10.1. The smallest absolute Gasteiger partial charge is 0.115 e. The second-order valence-corrected chi connectivity index (χ2v) is 8.13. The normalized spacial score (nSPS) is 25.5. The van der Waals surface area contributed by atoms with Crippen LogP contribution in [0.3, 0.4) is 0 Å². The van der Waals surface area contributed by atoms with E-state index in [1.807, 2.05) is 24.3 Å². The average molecular weight is 371 g/mol. The molecule has 138 valence electrons. The van der Waals surface area contributed by atoms with E-state index in [9.17, 15) is 5.11 Å². The number of aromatic hydroxyl groups is 1. The zero-order chi connectivity index (χ0) is 17.9. The van der Waals surface area contributed by atoms with Gasteiger partial charge in [0.15, 0.2) is 0 Å². The van der Waals surface area contributed by atoms with Gasteiger partial charge in [-0.05, 0) is 67.0 Å². The summed E-state index contributed by atoms with van der Waals surface area (Å²) in [6.07, 6.45) is 5.07. The van der Waals surface area contributed by atoms with Crippen molar-refractivity contribution < 1.29 is 5.11 Å². The standard InChI is InChI=1S/C22H27ClN2O/c23-19-6-4-16(5-7-19)15-24-10-11-25-20-8-9-21(25)13-18(12-20)17-2-1-3-22(26)14-17/h1-7,14,18,20-21,24,26H,8-13,15H2. The van der Waals surface area contributed by atoms with E-state index in [0.717, 1.165) is 24.7 Å². The van der Waals surface area contributed by atoms with Gasteiger partial charge in [-0.15, -0.1) is 0 Å². The third-order valence-corrected chi connectivity index (χ3v) is 6.27. The lowest BCUT2D eigenvalue weighted by Crippen LogP contribution is -2.45. The van der Waals surface area contributed by atoms with Crippen LogP contribution < -0.4 is 5.32 Å². The third kappa shape index (κ3) is 4.06. The van der Waals surface area contributed by atoms with Gasteiger partial charge in [-0.3, -0.25) is 4.90 Å². The molecule has 2 unspecified atom stereocenters. The van der Waals surface area contributed by atoms with Crippen molar-refractivity contribution in [1.29, 1.82) is 0 Å². The Labute approximate surface area is 161 Å². The molecule has 2 atom stereocenters. The highest BCUT2D eigenvalue weighted by Gasteiger charge is 2.40. The van der Waals surface area contributed by atoms with Crippen LogP contribution >= 0.6 is 11.6 Å². The Bertz CT molecular complexity index is 719. The molecule has 4 heteroatoms. The van der Waals surface area contributed by atoms with Gasteiger partial charge in [0.05, 0.1) is 0 Å². The topological polar surface area (TPSA) is 35.5 Å². The summed E-state index contributed by atoms with van der Waals surface area (Å²) in [6.45, 7) is 3.04. The van der Waals surface area contributed by atoms with Crippen LogP contribution in [0.1, 0.15) is 42.7 Å². The Balaban J connectivity index is 1.27. The molecular weight excluding hydrogens is 344 g/mol. The predicted molar refractivity (Wildman–Crippen MR) is 107 cm³/mol. The van der Waals surface area contributed by atoms with Crippen molar-refractivity contribution in [1.82, 2.24) is 10.2 Å². The fraction of sp³-hybridized carbons (Fsp3) is 0.455. The lowest BCUT2D eigenvalue weighted by molar-refractivity contribution is 0.127. The van der Waals surface area contributed by atoms with Crippen LogP contribution in [0.15, 0.2) is 48.5 Å². The van der Waals surface area contributed by atoms with Gasteiger partial charge < -0.3 is 10.4 Å². The monoisotopic (exact) mass is 370 g/mol. The largest absolute Gasteiger partial charge is 0.508 e. The summed E-state index contributed by atoms with van der Waals surface area (Å²) in [5.74, 6) is 0.988. The molecule has 0 spiro atoms. The van der Waals surface area contributed by atoms with Gasteiger partial charge in [0, 0.05) is 36.7 Å². The van der Waals surface area contributed by atoms with Crippen LogP contribution in [-0.4, -0.2) is 35.2 Å². The van der Waals surface area contributed by atoms with Crippen molar-refractivity contribution in [2.45, 2.75) is 50.2 Å². The molecule has 2 aromatic carbocycles. The number of benzene rings is 2. The zero-order valence-electron chi connectivity index (χ0n) is 15.1. The van der Waals surface area contributed by atoms with E-state index in [4.69, 9.17) is 11.6 Å². The molecule has 0 saturated carbocycles. The summed E-state index contributed by atoms with van der Waals surface area (Å²) in [6, 6.07) is 17.3. The fourth-order valence-corrected chi connectivity index (χ4v) is 4.86. The maximum atomic E-state index is 9.77. The highest BCUT2D eigenvalue weighted by molar-refractivity contribution is 6.30. The Morgan fingerprint density at radius 1 is 1.04 bits per heavy atom. The van der Waals surface area contributed by atoms with Crippen LogP contribution in [0.2, 0.25) is 5.02 Å². The predicted octanol–water partition coefficient (Wildman–Crippen LogP) is 4.55. The zero-order valence-corrected chi connectivity index (χ0v) is 15.8. The summed E-state index contributed by atoms with van der Waals surface area (Å²) in [5.41, 5.74) is 2.59. The molecule has 4 rings (SSSR count). The number of rotatable bonds is 6. The minimum absolute atomic E-state index is 0.392. The second kappa shape index (κ2) is 7.99. The molecule has 2 N–H and O–H groups in total. The molecule has 2 aliphatic rings. The second-order valence-electron chi connectivity index (χ2n) is 7.69. The van der Waals surface area contributed by atoms with Crippen molar-refractivity contribution in [3.63, 3.8) is 0 Å². The first kappa shape index (κ1) is 17.8. The van der Waals surface area contributed by atoms with E-state index in [1.165, 1.54) is 36.8 Å². The van der Waals surface area contributed by atoms with Crippen molar-refractivity contribution in [2.75, 3.05) is 13.1 Å². The summed E-state index contributed by atoms with van der Waals surface area (Å²) >= 11 is 5.94. The van der Waals surface area contributed by atoms with Crippen LogP contribution in [-0.2, 0) is 6.54 Å². The fourth-order valence-electron chi connectivity index (χ4n) is 4.73. The summed E-state index contributed by atoms with van der Waals surface area (Å²) in [4.78, 5) is 2.72. The van der Waals surface area contributed by atoms with Gasteiger partial charge in [-0.25, -0.2) is 0 Å². The van der Waals surface area contributed by atoms with Crippen molar-refractivity contribution >= 4 is 11.6 Å². The number of nitrogens with zero attached hydrogens (tertiary/aromatic N) is 1. The number of phenolic OH excluding ortho intramolecular Hbond substituents is 1. The first-order valence-electron chi connectivity index (χ1n) is 9.69.